The highest BCUT2D eigenvalue weighted by Gasteiger charge is 2.06. The lowest BCUT2D eigenvalue weighted by molar-refractivity contribution is -0.123. The average Bonchev–Trinajstić information content (AvgIpc) is 2.33. The van der Waals surface area contributed by atoms with Crippen LogP contribution in [0.2, 0.25) is 5.02 Å². The van der Waals surface area contributed by atoms with Gasteiger partial charge in [-0.3, -0.25) is 4.79 Å². The van der Waals surface area contributed by atoms with E-state index in [0.717, 1.165) is 6.42 Å². The number of carbonyl (C=O) groups excluding carboxylic acids is 1. The van der Waals surface area contributed by atoms with E-state index in [1.165, 1.54) is 0 Å². The van der Waals surface area contributed by atoms with Crippen molar-refractivity contribution in [2.45, 2.75) is 25.9 Å². The van der Waals surface area contributed by atoms with Crippen LogP contribution in [-0.2, 0) is 4.79 Å². The van der Waals surface area contributed by atoms with E-state index in [4.69, 9.17) is 21.4 Å². The maximum atomic E-state index is 11.5. The van der Waals surface area contributed by atoms with Crippen molar-refractivity contribution < 1.29 is 14.6 Å². The molecule has 4 nitrogen and oxygen atoms in total. The van der Waals surface area contributed by atoms with E-state index in [1.807, 2.05) is 0 Å². The van der Waals surface area contributed by atoms with Gasteiger partial charge in [-0.2, -0.15) is 0 Å². The minimum absolute atomic E-state index is 0.0467. The summed E-state index contributed by atoms with van der Waals surface area (Å²) < 4.78 is 6.07. The Kier molecular flexibility index (Phi) is 7.20. The molecule has 106 valence electrons. The van der Waals surface area contributed by atoms with Gasteiger partial charge in [-0.15, -0.1) is 0 Å². The lowest BCUT2D eigenvalue weighted by atomic mass is 10.2. The third-order valence-electron chi connectivity index (χ3n) is 2.37. The molecule has 19 heavy (non-hydrogen) atoms. The number of halogens is 2. The number of aliphatic hydroxyl groups excluding tert-OH is 1. The van der Waals surface area contributed by atoms with Gasteiger partial charge < -0.3 is 15.2 Å². The molecular weight excluding hydrogens is 334 g/mol. The van der Waals surface area contributed by atoms with Crippen LogP contribution < -0.4 is 10.1 Å². The first-order chi connectivity index (χ1) is 8.99. The molecule has 1 aromatic rings. The zero-order valence-electron chi connectivity index (χ0n) is 10.7. The molecule has 0 bridgehead atoms. The number of aliphatic hydroxyl groups is 1. The first-order valence-electron chi connectivity index (χ1n) is 6.01. The Labute approximate surface area is 126 Å². The van der Waals surface area contributed by atoms with Crippen LogP contribution in [0.4, 0.5) is 0 Å². The van der Waals surface area contributed by atoms with Crippen LogP contribution in [0.5, 0.6) is 5.75 Å². The van der Waals surface area contributed by atoms with Crippen LogP contribution in [0, 0.1) is 0 Å². The van der Waals surface area contributed by atoms with Crippen LogP contribution in [0.3, 0.4) is 0 Å². The first kappa shape index (κ1) is 16.3. The molecule has 1 amide bonds. The topological polar surface area (TPSA) is 58.6 Å². The van der Waals surface area contributed by atoms with Crippen molar-refractivity contribution in [2.24, 2.45) is 0 Å². The lowest BCUT2D eigenvalue weighted by Crippen LogP contribution is -2.30. The fourth-order valence-electron chi connectivity index (χ4n) is 1.41. The Morgan fingerprint density at radius 1 is 1.58 bits per heavy atom. The number of carbonyl (C=O) groups is 1. The molecule has 0 heterocycles. The van der Waals surface area contributed by atoms with Crippen molar-refractivity contribution >= 4 is 33.4 Å². The van der Waals surface area contributed by atoms with Crippen molar-refractivity contribution in [3.8, 4) is 5.75 Å². The molecule has 0 aliphatic carbocycles. The molecule has 0 radical (unpaired) electrons. The number of amides is 1. The number of hydrogen-bond donors (Lipinski definition) is 2. The van der Waals surface area contributed by atoms with Crippen LogP contribution in [-0.4, -0.2) is 30.3 Å². The van der Waals surface area contributed by atoms with E-state index in [0.29, 0.717) is 28.2 Å². The van der Waals surface area contributed by atoms with Gasteiger partial charge in [0.05, 0.1) is 10.6 Å². The molecule has 0 saturated heterocycles. The van der Waals surface area contributed by atoms with Gasteiger partial charge in [-0.1, -0.05) is 11.6 Å². The Balaban J connectivity index is 2.26. The van der Waals surface area contributed by atoms with E-state index >= 15 is 0 Å². The smallest absolute Gasteiger partial charge is 0.257 e. The van der Waals surface area contributed by atoms with Crippen molar-refractivity contribution in [2.75, 3.05) is 13.2 Å². The monoisotopic (exact) mass is 349 g/mol. The Morgan fingerprint density at radius 2 is 2.32 bits per heavy atom. The molecule has 1 aromatic carbocycles. The van der Waals surface area contributed by atoms with E-state index < -0.39 is 0 Å². The molecule has 0 aromatic heterocycles. The summed E-state index contributed by atoms with van der Waals surface area (Å²) in [5, 5.41) is 12.4. The average molecular weight is 351 g/mol. The number of hydrogen-bond acceptors (Lipinski definition) is 3. The van der Waals surface area contributed by atoms with Crippen molar-refractivity contribution in [3.63, 3.8) is 0 Å². The predicted octanol–water partition coefficient (Wildman–Crippen LogP) is 2.76. The minimum Gasteiger partial charge on any atom is -0.483 e. The molecule has 0 spiro atoms. The highest BCUT2D eigenvalue weighted by molar-refractivity contribution is 9.10. The second kappa shape index (κ2) is 8.40. The zero-order chi connectivity index (χ0) is 14.3. The molecule has 6 heteroatoms. The molecule has 0 aliphatic rings. The summed E-state index contributed by atoms with van der Waals surface area (Å²) in [6.45, 7) is 2.22. The van der Waals surface area contributed by atoms with Gasteiger partial charge in [0, 0.05) is 11.6 Å². The molecule has 1 atom stereocenters. The van der Waals surface area contributed by atoms with Crippen LogP contribution in [0.15, 0.2) is 22.7 Å². The summed E-state index contributed by atoms with van der Waals surface area (Å²) >= 11 is 9.11. The summed E-state index contributed by atoms with van der Waals surface area (Å²) in [6, 6.07) is 5.10. The Morgan fingerprint density at radius 3 is 2.95 bits per heavy atom. The normalized spacial score (nSPS) is 12.0. The fourth-order valence-corrected chi connectivity index (χ4v) is 2.21. The molecule has 0 fully saturated rings. The van der Waals surface area contributed by atoms with E-state index in [9.17, 15) is 4.79 Å². The second-order valence-electron chi connectivity index (χ2n) is 4.20. The second-order valence-corrected chi connectivity index (χ2v) is 5.50. The number of rotatable bonds is 7. The SMILES string of the molecule is CC(O)CCCNC(=O)COc1ccc(Cl)cc1Br. The van der Waals surface area contributed by atoms with Gasteiger partial charge in [0.25, 0.3) is 5.91 Å². The molecular formula is C13H17BrClNO3. The minimum atomic E-state index is -0.335. The van der Waals surface area contributed by atoms with Gasteiger partial charge >= 0.3 is 0 Å². The van der Waals surface area contributed by atoms with Gasteiger partial charge in [0.15, 0.2) is 6.61 Å². The van der Waals surface area contributed by atoms with Gasteiger partial charge in [0.1, 0.15) is 5.75 Å². The number of benzene rings is 1. The van der Waals surface area contributed by atoms with E-state index in [1.54, 1.807) is 25.1 Å². The van der Waals surface area contributed by atoms with Crippen LogP contribution in [0.25, 0.3) is 0 Å². The van der Waals surface area contributed by atoms with Crippen LogP contribution in [0.1, 0.15) is 19.8 Å². The maximum absolute atomic E-state index is 11.5. The van der Waals surface area contributed by atoms with Crippen molar-refractivity contribution in [3.05, 3.63) is 27.7 Å². The number of nitrogens with one attached hydrogen (secondary N) is 1. The van der Waals surface area contributed by atoms with Gasteiger partial charge in [-0.05, 0) is 53.9 Å². The quantitative estimate of drug-likeness (QED) is 0.743. The number of ether oxygens (including phenoxy) is 1. The maximum Gasteiger partial charge on any atom is 0.257 e. The third-order valence-corrected chi connectivity index (χ3v) is 3.23. The molecule has 0 saturated carbocycles. The molecule has 1 rings (SSSR count). The van der Waals surface area contributed by atoms with Crippen molar-refractivity contribution in [1.82, 2.24) is 5.32 Å². The van der Waals surface area contributed by atoms with Crippen molar-refractivity contribution in [1.29, 1.82) is 0 Å². The first-order valence-corrected chi connectivity index (χ1v) is 7.18. The summed E-state index contributed by atoms with van der Waals surface area (Å²) in [7, 11) is 0. The van der Waals surface area contributed by atoms with E-state index in [2.05, 4.69) is 21.2 Å². The summed E-state index contributed by atoms with van der Waals surface area (Å²) in [5.74, 6) is 0.385. The lowest BCUT2D eigenvalue weighted by Gasteiger charge is -2.09. The largest absolute Gasteiger partial charge is 0.483 e. The highest BCUT2D eigenvalue weighted by atomic mass is 79.9. The fraction of sp³-hybridized carbons (Fsp3) is 0.462. The van der Waals surface area contributed by atoms with Gasteiger partial charge in [-0.25, -0.2) is 0 Å². The molecule has 1 unspecified atom stereocenters. The summed E-state index contributed by atoms with van der Waals surface area (Å²) in [6.07, 6.45) is 1.08. The van der Waals surface area contributed by atoms with Gasteiger partial charge in [0.2, 0.25) is 0 Å². The predicted molar refractivity (Wildman–Crippen MR) is 78.6 cm³/mol. The highest BCUT2D eigenvalue weighted by Crippen LogP contribution is 2.27. The van der Waals surface area contributed by atoms with Crippen LogP contribution >= 0.6 is 27.5 Å². The standard InChI is InChI=1S/C13H17BrClNO3/c1-9(17)3-2-6-16-13(18)8-19-12-5-4-10(15)7-11(12)14/h4-5,7,9,17H,2-3,6,8H2,1H3,(H,16,18). The Bertz CT molecular complexity index is 426. The van der Waals surface area contributed by atoms with E-state index in [-0.39, 0.29) is 18.6 Å². The summed E-state index contributed by atoms with van der Waals surface area (Å²) in [4.78, 5) is 11.5. The third kappa shape index (κ3) is 6.80. The Hall–Kier alpha value is -0.780. The summed E-state index contributed by atoms with van der Waals surface area (Å²) in [5.41, 5.74) is 0. The molecule has 2 N–H and O–H groups in total. The zero-order valence-corrected chi connectivity index (χ0v) is 13.0. The molecule has 0 aliphatic heterocycles.